The van der Waals surface area contributed by atoms with Gasteiger partial charge in [0.25, 0.3) is 0 Å². The van der Waals surface area contributed by atoms with Crippen LogP contribution in [-0.4, -0.2) is 42.4 Å². The fourth-order valence-electron chi connectivity index (χ4n) is 4.57. The molecule has 6 heteroatoms. The summed E-state index contributed by atoms with van der Waals surface area (Å²) in [5.74, 6) is 1.20. The Morgan fingerprint density at radius 2 is 1.61 bits per heavy atom. The summed E-state index contributed by atoms with van der Waals surface area (Å²) >= 11 is 0. The Balaban J connectivity index is 0.00000192. The maximum Gasteiger partial charge on any atom is 0.241 e. The van der Waals surface area contributed by atoms with Crippen LogP contribution in [-0.2, 0) is 9.59 Å². The summed E-state index contributed by atoms with van der Waals surface area (Å²) in [6.45, 7) is 1.85. The quantitative estimate of drug-likeness (QED) is 0.818. The van der Waals surface area contributed by atoms with Crippen molar-refractivity contribution in [1.29, 1.82) is 0 Å². The molecule has 3 fully saturated rings. The molecule has 1 heterocycles. The van der Waals surface area contributed by atoms with Gasteiger partial charge in [0.1, 0.15) is 0 Å². The van der Waals surface area contributed by atoms with Gasteiger partial charge in [-0.3, -0.25) is 9.59 Å². The van der Waals surface area contributed by atoms with Crippen molar-refractivity contribution in [2.24, 2.45) is 23.5 Å². The van der Waals surface area contributed by atoms with Gasteiger partial charge in [-0.15, -0.1) is 12.4 Å². The van der Waals surface area contributed by atoms with Crippen molar-refractivity contribution < 1.29 is 9.59 Å². The van der Waals surface area contributed by atoms with Gasteiger partial charge < -0.3 is 16.0 Å². The second-order valence-corrected chi connectivity index (χ2v) is 7.36. The highest BCUT2D eigenvalue weighted by Crippen LogP contribution is 2.41. The van der Waals surface area contributed by atoms with Crippen LogP contribution >= 0.6 is 12.4 Å². The van der Waals surface area contributed by atoms with Gasteiger partial charge in [0.2, 0.25) is 11.8 Å². The molecule has 2 unspecified atom stereocenters. The van der Waals surface area contributed by atoms with E-state index in [2.05, 4.69) is 5.32 Å². The highest BCUT2D eigenvalue weighted by molar-refractivity contribution is 5.86. The molecule has 2 aliphatic carbocycles. The van der Waals surface area contributed by atoms with E-state index in [0.29, 0.717) is 11.8 Å². The van der Waals surface area contributed by atoms with E-state index in [1.54, 1.807) is 0 Å². The third-order valence-electron chi connectivity index (χ3n) is 5.91. The van der Waals surface area contributed by atoms with Gasteiger partial charge in [-0.2, -0.15) is 0 Å². The van der Waals surface area contributed by atoms with Crippen molar-refractivity contribution in [2.75, 3.05) is 19.6 Å². The molecule has 3 aliphatic rings. The average Bonchev–Trinajstić information content (AvgIpc) is 2.53. The van der Waals surface area contributed by atoms with Crippen LogP contribution in [0.4, 0.5) is 0 Å². The zero-order chi connectivity index (χ0) is 15.5. The highest BCUT2D eigenvalue weighted by Gasteiger charge is 2.40. The molecule has 2 saturated carbocycles. The van der Waals surface area contributed by atoms with Crippen molar-refractivity contribution in [2.45, 2.75) is 57.4 Å². The predicted octanol–water partition coefficient (Wildman–Crippen LogP) is 1.69. The molecule has 2 amide bonds. The minimum Gasteiger partial charge on any atom is -0.347 e. The summed E-state index contributed by atoms with van der Waals surface area (Å²) < 4.78 is 0. The average molecular weight is 344 g/mol. The topological polar surface area (TPSA) is 75.4 Å². The van der Waals surface area contributed by atoms with Crippen molar-refractivity contribution >= 4 is 24.2 Å². The second-order valence-electron chi connectivity index (χ2n) is 7.36. The molecule has 3 rings (SSSR count). The van der Waals surface area contributed by atoms with Crippen molar-refractivity contribution in [3.8, 4) is 0 Å². The number of hydrogen-bond acceptors (Lipinski definition) is 3. The Morgan fingerprint density at radius 1 is 1.00 bits per heavy atom. The molecule has 3 N–H and O–H groups in total. The number of likely N-dealkylation sites (tertiary alicyclic amines) is 1. The Morgan fingerprint density at radius 3 is 2.22 bits per heavy atom. The van der Waals surface area contributed by atoms with Crippen LogP contribution in [0.15, 0.2) is 0 Å². The van der Waals surface area contributed by atoms with E-state index in [4.69, 9.17) is 5.73 Å². The number of piperidine rings is 1. The number of nitrogens with one attached hydrogen (secondary N) is 1. The summed E-state index contributed by atoms with van der Waals surface area (Å²) in [5, 5.41) is 2.88. The first-order chi connectivity index (χ1) is 10.6. The van der Waals surface area contributed by atoms with Crippen LogP contribution in [0.2, 0.25) is 0 Å². The van der Waals surface area contributed by atoms with Crippen LogP contribution in [0.5, 0.6) is 0 Å². The van der Waals surface area contributed by atoms with E-state index in [1.165, 1.54) is 12.8 Å². The maximum absolute atomic E-state index is 12.4. The molecule has 0 aromatic heterocycles. The monoisotopic (exact) mass is 343 g/mol. The molecule has 0 radical (unpaired) electrons. The number of fused-ring (bicyclic) bond motifs is 2. The van der Waals surface area contributed by atoms with E-state index in [-0.39, 0.29) is 42.7 Å². The molecule has 0 aromatic carbocycles. The molecule has 0 spiro atoms. The van der Waals surface area contributed by atoms with E-state index in [1.807, 2.05) is 4.90 Å². The smallest absolute Gasteiger partial charge is 0.241 e. The summed E-state index contributed by atoms with van der Waals surface area (Å²) in [4.78, 5) is 26.4. The summed E-state index contributed by atoms with van der Waals surface area (Å²) in [6.07, 6.45) is 8.77. The third-order valence-corrected chi connectivity index (χ3v) is 5.91. The first-order valence-corrected chi connectivity index (χ1v) is 8.96. The molecule has 1 saturated heterocycles. The first-order valence-electron chi connectivity index (χ1n) is 8.96. The predicted molar refractivity (Wildman–Crippen MR) is 92.2 cm³/mol. The Labute approximate surface area is 145 Å². The fourth-order valence-corrected chi connectivity index (χ4v) is 4.57. The number of carbonyl (C=O) groups excluding carboxylic acids is 2. The number of nitrogens with zero attached hydrogens (tertiary/aromatic N) is 1. The van der Waals surface area contributed by atoms with Gasteiger partial charge in [-0.1, -0.05) is 6.42 Å². The van der Waals surface area contributed by atoms with Crippen LogP contribution in [0.1, 0.15) is 51.4 Å². The SMILES string of the molecule is Cl.NC1C2CCCC1CC(C(=O)NCC(=O)N1CCCCC1)C2. The van der Waals surface area contributed by atoms with Crippen LogP contribution < -0.4 is 11.1 Å². The van der Waals surface area contributed by atoms with Crippen molar-refractivity contribution in [3.05, 3.63) is 0 Å². The van der Waals surface area contributed by atoms with Crippen LogP contribution in [0, 0.1) is 17.8 Å². The van der Waals surface area contributed by atoms with Gasteiger partial charge in [-0.05, 0) is 56.8 Å². The zero-order valence-electron chi connectivity index (χ0n) is 13.8. The van der Waals surface area contributed by atoms with E-state index >= 15 is 0 Å². The standard InChI is InChI=1S/C17H29N3O2.ClH/c18-16-12-5-4-6-13(16)10-14(9-12)17(22)19-11-15(21)20-7-2-1-3-8-20;/h12-14,16H,1-11,18H2,(H,19,22);1H. The minimum atomic E-state index is 0. The number of hydrogen-bond donors (Lipinski definition) is 2. The lowest BCUT2D eigenvalue weighted by atomic mass is 9.65. The summed E-state index contributed by atoms with van der Waals surface area (Å²) in [6, 6.07) is 0.285. The first kappa shape index (κ1) is 18.5. The molecular formula is C17H30ClN3O2. The summed E-state index contributed by atoms with van der Waals surface area (Å²) in [7, 11) is 0. The molecular weight excluding hydrogens is 314 g/mol. The van der Waals surface area contributed by atoms with E-state index in [9.17, 15) is 9.59 Å². The molecule has 2 bridgehead atoms. The minimum absolute atomic E-state index is 0. The van der Waals surface area contributed by atoms with Gasteiger partial charge in [0, 0.05) is 25.0 Å². The lowest BCUT2D eigenvalue weighted by Crippen LogP contribution is -2.50. The molecule has 0 aromatic rings. The Hall–Kier alpha value is -0.810. The van der Waals surface area contributed by atoms with Gasteiger partial charge in [0.15, 0.2) is 0 Å². The Kier molecular flexibility index (Phi) is 6.72. The molecule has 2 atom stereocenters. The number of halogens is 1. The van der Waals surface area contributed by atoms with Gasteiger partial charge in [0.05, 0.1) is 6.54 Å². The summed E-state index contributed by atoms with van der Waals surface area (Å²) in [5.41, 5.74) is 6.27. The lowest BCUT2D eigenvalue weighted by molar-refractivity contribution is -0.135. The van der Waals surface area contributed by atoms with E-state index in [0.717, 1.165) is 51.6 Å². The normalized spacial score (nSPS) is 33.5. The fraction of sp³-hybridized carbons (Fsp3) is 0.882. The number of rotatable bonds is 3. The molecule has 132 valence electrons. The Bertz CT molecular complexity index is 412. The third kappa shape index (κ3) is 4.38. The van der Waals surface area contributed by atoms with E-state index < -0.39 is 0 Å². The molecule has 23 heavy (non-hydrogen) atoms. The molecule has 1 aliphatic heterocycles. The zero-order valence-corrected chi connectivity index (χ0v) is 14.7. The molecule has 5 nitrogen and oxygen atoms in total. The van der Waals surface area contributed by atoms with Crippen LogP contribution in [0.25, 0.3) is 0 Å². The number of nitrogens with two attached hydrogens (primary N) is 1. The van der Waals surface area contributed by atoms with Crippen molar-refractivity contribution in [1.82, 2.24) is 10.2 Å². The van der Waals surface area contributed by atoms with Crippen LogP contribution in [0.3, 0.4) is 0 Å². The number of amides is 2. The van der Waals surface area contributed by atoms with Gasteiger partial charge in [-0.25, -0.2) is 0 Å². The second kappa shape index (κ2) is 8.34. The number of carbonyl (C=O) groups is 2. The van der Waals surface area contributed by atoms with Crippen molar-refractivity contribution in [3.63, 3.8) is 0 Å². The van der Waals surface area contributed by atoms with Gasteiger partial charge >= 0.3 is 0 Å². The lowest BCUT2D eigenvalue weighted by Gasteiger charge is -2.43. The maximum atomic E-state index is 12.4. The largest absolute Gasteiger partial charge is 0.347 e. The highest BCUT2D eigenvalue weighted by atomic mass is 35.5.